The maximum absolute atomic E-state index is 8.01. The normalized spacial score (nSPS) is 41.7. The largest absolute Gasteiger partial charge is 0.341 e. The summed E-state index contributed by atoms with van der Waals surface area (Å²) in [6.45, 7) is 2.37. The molecule has 1 N–H and O–H groups in total. The van der Waals surface area contributed by atoms with Crippen LogP contribution in [-0.2, 0) is 0 Å². The number of nitrogens with one attached hydrogen (secondary N) is 1. The number of nitrogens with zero attached hydrogens (tertiary/aromatic N) is 2. The van der Waals surface area contributed by atoms with Crippen molar-refractivity contribution in [1.29, 1.82) is 5.41 Å². The average Bonchev–Trinajstić information content (AvgIpc) is 2.35. The minimum Gasteiger partial charge on any atom is -0.341 e. The zero-order valence-electron chi connectivity index (χ0n) is 10.4. The maximum Gasteiger partial charge on any atom is 0.193 e. The maximum atomic E-state index is 8.01. The highest BCUT2D eigenvalue weighted by molar-refractivity contribution is 6.14. The van der Waals surface area contributed by atoms with Crippen molar-refractivity contribution in [3.63, 3.8) is 0 Å². The van der Waals surface area contributed by atoms with Gasteiger partial charge >= 0.3 is 0 Å². The number of guanidine groups is 1. The van der Waals surface area contributed by atoms with E-state index in [2.05, 4.69) is 38.7 Å². The van der Waals surface area contributed by atoms with Crippen molar-refractivity contribution in [3.05, 3.63) is 0 Å². The lowest BCUT2D eigenvalue weighted by Crippen LogP contribution is -2.35. The van der Waals surface area contributed by atoms with Gasteiger partial charge in [0.25, 0.3) is 0 Å². The summed E-state index contributed by atoms with van der Waals surface area (Å²) in [6, 6.07) is 1.13. The Balaban J connectivity index is 2.23. The number of hydrogen-bond acceptors (Lipinski definition) is 1. The molecular weight excluding hydrogens is 185 g/mol. The molecule has 0 aromatic carbocycles. The Morgan fingerprint density at radius 2 is 1.93 bits per heavy atom. The Kier molecular flexibility index (Phi) is 2.48. The van der Waals surface area contributed by atoms with Crippen LogP contribution < -0.4 is 0 Å². The van der Waals surface area contributed by atoms with E-state index in [1.807, 2.05) is 0 Å². The SMILES string of the molecule is BC1(C)CCCC2C(C1)N(C)C(=N)N2C. The fraction of sp³-hybridized carbons (Fsp3) is 0.909. The van der Waals surface area contributed by atoms with Gasteiger partial charge in [0, 0.05) is 14.1 Å². The van der Waals surface area contributed by atoms with Crippen LogP contribution >= 0.6 is 0 Å². The van der Waals surface area contributed by atoms with E-state index in [1.165, 1.54) is 25.7 Å². The average molecular weight is 207 g/mol. The molecule has 15 heavy (non-hydrogen) atoms. The lowest BCUT2D eigenvalue weighted by atomic mass is 9.65. The van der Waals surface area contributed by atoms with Crippen LogP contribution in [0.4, 0.5) is 0 Å². The van der Waals surface area contributed by atoms with Crippen LogP contribution in [-0.4, -0.2) is 49.8 Å². The van der Waals surface area contributed by atoms with E-state index < -0.39 is 0 Å². The van der Waals surface area contributed by atoms with Crippen LogP contribution in [0.3, 0.4) is 0 Å². The Bertz CT molecular complexity index is 277. The van der Waals surface area contributed by atoms with Crippen molar-refractivity contribution in [2.45, 2.75) is 50.0 Å². The zero-order chi connectivity index (χ0) is 11.2. The van der Waals surface area contributed by atoms with E-state index in [1.54, 1.807) is 0 Å². The molecule has 4 heteroatoms. The third-order valence-corrected chi connectivity index (χ3v) is 4.22. The molecule has 2 fully saturated rings. The molecule has 0 aromatic rings. The molecule has 0 aromatic heterocycles. The van der Waals surface area contributed by atoms with Gasteiger partial charge in [-0.15, -0.1) is 0 Å². The Morgan fingerprint density at radius 1 is 1.33 bits per heavy atom. The van der Waals surface area contributed by atoms with Crippen molar-refractivity contribution in [2.75, 3.05) is 14.1 Å². The summed E-state index contributed by atoms with van der Waals surface area (Å²) in [4.78, 5) is 4.32. The Morgan fingerprint density at radius 3 is 2.60 bits per heavy atom. The minimum atomic E-state index is 0.444. The van der Waals surface area contributed by atoms with E-state index in [-0.39, 0.29) is 0 Å². The topological polar surface area (TPSA) is 30.3 Å². The number of rotatable bonds is 0. The fourth-order valence-corrected chi connectivity index (χ4v) is 3.20. The Labute approximate surface area is 93.7 Å². The minimum absolute atomic E-state index is 0.444. The molecule has 0 bridgehead atoms. The number of likely N-dealkylation sites (N-methyl/N-ethyl adjacent to an activating group) is 2. The first-order chi connectivity index (χ1) is 6.92. The van der Waals surface area contributed by atoms with Crippen LogP contribution in [0.25, 0.3) is 0 Å². The van der Waals surface area contributed by atoms with Gasteiger partial charge in [0.15, 0.2) is 5.96 Å². The lowest BCUT2D eigenvalue weighted by molar-refractivity contribution is 0.280. The summed E-state index contributed by atoms with van der Waals surface area (Å²) in [6.07, 6.45) is 5.10. The number of fused-ring (bicyclic) bond motifs is 1. The molecule has 2 aliphatic rings. The van der Waals surface area contributed by atoms with Gasteiger partial charge in [0.2, 0.25) is 0 Å². The van der Waals surface area contributed by atoms with Crippen LogP contribution in [0, 0.1) is 5.41 Å². The van der Waals surface area contributed by atoms with E-state index >= 15 is 0 Å². The first kappa shape index (κ1) is 10.8. The van der Waals surface area contributed by atoms with Crippen LogP contribution in [0.15, 0.2) is 0 Å². The van der Waals surface area contributed by atoms with Gasteiger partial charge in [-0.3, -0.25) is 5.41 Å². The van der Waals surface area contributed by atoms with E-state index in [0.717, 1.165) is 0 Å². The molecule has 1 heterocycles. The summed E-state index contributed by atoms with van der Waals surface area (Å²) in [5.41, 5.74) is 0. The van der Waals surface area contributed by atoms with Crippen molar-refractivity contribution in [1.82, 2.24) is 9.80 Å². The second-order valence-corrected chi connectivity index (χ2v) is 5.94. The van der Waals surface area contributed by atoms with Gasteiger partial charge in [-0.05, 0) is 12.8 Å². The molecular formula is C11H22BN3. The van der Waals surface area contributed by atoms with Gasteiger partial charge in [0.05, 0.1) is 12.1 Å². The van der Waals surface area contributed by atoms with Crippen LogP contribution in [0.1, 0.15) is 32.6 Å². The first-order valence-corrected chi connectivity index (χ1v) is 5.96. The molecule has 1 saturated heterocycles. The van der Waals surface area contributed by atoms with Gasteiger partial charge < -0.3 is 9.80 Å². The zero-order valence-corrected chi connectivity index (χ0v) is 10.4. The molecule has 1 aliphatic carbocycles. The van der Waals surface area contributed by atoms with Gasteiger partial charge in [-0.25, -0.2) is 0 Å². The Hall–Kier alpha value is -0.665. The standard InChI is InChI=1S/C11H22BN3/c1-11(12)6-4-5-8-9(7-11)15(3)10(13)14(8)2/h8-9,13H,4-7,12H2,1-3H3. The van der Waals surface area contributed by atoms with Gasteiger partial charge in [0.1, 0.15) is 7.85 Å². The molecule has 84 valence electrons. The van der Waals surface area contributed by atoms with Crippen LogP contribution in [0.2, 0.25) is 5.31 Å². The molecule has 1 aliphatic heterocycles. The van der Waals surface area contributed by atoms with Crippen molar-refractivity contribution < 1.29 is 0 Å². The molecule has 3 atom stereocenters. The number of hydrogen-bond donors (Lipinski definition) is 1. The lowest BCUT2D eigenvalue weighted by Gasteiger charge is -2.29. The summed E-state index contributed by atoms with van der Waals surface area (Å²) in [7, 11) is 6.51. The van der Waals surface area contributed by atoms with E-state index in [4.69, 9.17) is 5.41 Å². The highest BCUT2D eigenvalue weighted by atomic mass is 15.4. The summed E-state index contributed by atoms with van der Waals surface area (Å²) >= 11 is 0. The summed E-state index contributed by atoms with van der Waals surface area (Å²) in [5, 5.41) is 8.45. The third-order valence-electron chi connectivity index (χ3n) is 4.22. The first-order valence-electron chi connectivity index (χ1n) is 5.96. The molecule has 3 unspecified atom stereocenters. The molecule has 0 spiro atoms. The molecule has 2 rings (SSSR count). The van der Waals surface area contributed by atoms with Crippen molar-refractivity contribution in [2.24, 2.45) is 0 Å². The van der Waals surface area contributed by atoms with E-state index in [0.29, 0.717) is 23.4 Å². The predicted molar refractivity (Wildman–Crippen MR) is 66.2 cm³/mol. The van der Waals surface area contributed by atoms with Gasteiger partial charge in [-0.1, -0.05) is 25.1 Å². The quantitative estimate of drug-likeness (QED) is 0.599. The third kappa shape index (κ3) is 1.74. The fourth-order valence-electron chi connectivity index (χ4n) is 3.20. The highest BCUT2D eigenvalue weighted by Gasteiger charge is 2.43. The molecule has 1 saturated carbocycles. The van der Waals surface area contributed by atoms with Gasteiger partial charge in [-0.2, -0.15) is 0 Å². The van der Waals surface area contributed by atoms with Crippen molar-refractivity contribution >= 4 is 13.8 Å². The highest BCUT2D eigenvalue weighted by Crippen LogP contribution is 2.42. The smallest absolute Gasteiger partial charge is 0.193 e. The second kappa shape index (κ2) is 3.43. The summed E-state index contributed by atoms with van der Waals surface area (Å²) < 4.78 is 0. The molecule has 0 amide bonds. The van der Waals surface area contributed by atoms with Crippen molar-refractivity contribution in [3.8, 4) is 0 Å². The molecule has 3 nitrogen and oxygen atoms in total. The van der Waals surface area contributed by atoms with Crippen LogP contribution in [0.5, 0.6) is 0 Å². The molecule has 0 radical (unpaired) electrons. The summed E-state index contributed by atoms with van der Waals surface area (Å²) in [5.74, 6) is 0.697. The second-order valence-electron chi connectivity index (χ2n) is 5.94. The predicted octanol–water partition coefficient (Wildman–Crippen LogP) is 0.921. The van der Waals surface area contributed by atoms with E-state index in [9.17, 15) is 0 Å². The monoisotopic (exact) mass is 207 g/mol.